The number of nitrogens with one attached hydrogen (secondary N) is 2. The van der Waals surface area contributed by atoms with Crippen molar-refractivity contribution in [3.8, 4) is 11.5 Å². The minimum absolute atomic E-state index is 0.0153. The molecule has 0 saturated carbocycles. The maximum atomic E-state index is 12.4. The number of hydrogen-bond donors (Lipinski definition) is 3. The molecule has 1 aliphatic heterocycles. The Kier molecular flexibility index (Phi) is 3.44. The molecule has 1 aromatic heterocycles. The number of hydrogen-bond acceptors (Lipinski definition) is 4. The van der Waals surface area contributed by atoms with E-state index in [1.807, 2.05) is 6.07 Å². The first-order valence-corrected chi connectivity index (χ1v) is 7.98. The largest absolute Gasteiger partial charge is 0.508 e. The molecule has 23 heavy (non-hydrogen) atoms. The Morgan fingerprint density at radius 1 is 1.43 bits per heavy atom. The number of amides is 1. The number of ether oxygens (including phenoxy) is 1. The maximum absolute atomic E-state index is 12.4. The standard InChI is InChI=1S/C17H19N3O3/c21-12-5-4-10-6-11(9-23-16(10)7-12)17(22)18-8-15-13-2-1-3-14(13)19-20-15/h4-5,7,11,21H,1-3,6,8-9H2,(H,18,22)(H,19,20). The summed E-state index contributed by atoms with van der Waals surface area (Å²) < 4.78 is 5.61. The van der Waals surface area contributed by atoms with Crippen molar-refractivity contribution in [1.82, 2.24) is 15.5 Å². The number of aryl methyl sites for hydroxylation is 1. The highest BCUT2D eigenvalue weighted by atomic mass is 16.5. The van der Waals surface area contributed by atoms with Crippen LogP contribution in [-0.4, -0.2) is 27.8 Å². The zero-order valence-electron chi connectivity index (χ0n) is 12.8. The maximum Gasteiger partial charge on any atom is 0.227 e. The highest BCUT2D eigenvalue weighted by Crippen LogP contribution is 2.30. The van der Waals surface area contributed by atoms with E-state index in [4.69, 9.17) is 4.74 Å². The minimum Gasteiger partial charge on any atom is -0.508 e. The Morgan fingerprint density at radius 2 is 2.35 bits per heavy atom. The van der Waals surface area contributed by atoms with Gasteiger partial charge in [-0.3, -0.25) is 9.89 Å². The lowest BCUT2D eigenvalue weighted by Gasteiger charge is -2.24. The van der Waals surface area contributed by atoms with Crippen molar-refractivity contribution >= 4 is 5.91 Å². The van der Waals surface area contributed by atoms with Crippen LogP contribution in [0, 0.1) is 5.92 Å². The molecule has 0 fully saturated rings. The number of fused-ring (bicyclic) bond motifs is 2. The van der Waals surface area contributed by atoms with E-state index < -0.39 is 0 Å². The predicted octanol–water partition coefficient (Wildman–Crippen LogP) is 1.47. The van der Waals surface area contributed by atoms with E-state index in [-0.39, 0.29) is 17.6 Å². The van der Waals surface area contributed by atoms with Crippen LogP contribution in [0.1, 0.15) is 28.9 Å². The van der Waals surface area contributed by atoms with Crippen LogP contribution in [0.2, 0.25) is 0 Å². The van der Waals surface area contributed by atoms with Gasteiger partial charge in [-0.15, -0.1) is 0 Å². The molecule has 3 N–H and O–H groups in total. The van der Waals surface area contributed by atoms with Crippen LogP contribution in [-0.2, 0) is 30.6 Å². The molecule has 6 nitrogen and oxygen atoms in total. The summed E-state index contributed by atoms with van der Waals surface area (Å²) in [7, 11) is 0. The lowest BCUT2D eigenvalue weighted by atomic mass is 9.96. The van der Waals surface area contributed by atoms with Crippen LogP contribution in [0.15, 0.2) is 18.2 Å². The molecule has 0 bridgehead atoms. The molecule has 2 aliphatic rings. The van der Waals surface area contributed by atoms with Crippen LogP contribution in [0.4, 0.5) is 0 Å². The summed E-state index contributed by atoms with van der Waals surface area (Å²) >= 11 is 0. The smallest absolute Gasteiger partial charge is 0.227 e. The average Bonchev–Trinajstić information content (AvgIpc) is 3.16. The van der Waals surface area contributed by atoms with Crippen molar-refractivity contribution in [2.45, 2.75) is 32.2 Å². The molecule has 120 valence electrons. The molecule has 0 spiro atoms. The van der Waals surface area contributed by atoms with Crippen molar-refractivity contribution in [3.63, 3.8) is 0 Å². The number of aromatic amines is 1. The number of aromatic nitrogens is 2. The molecular formula is C17H19N3O3. The predicted molar refractivity (Wildman–Crippen MR) is 83.3 cm³/mol. The van der Waals surface area contributed by atoms with Gasteiger partial charge in [0, 0.05) is 11.8 Å². The first-order valence-electron chi connectivity index (χ1n) is 7.98. The summed E-state index contributed by atoms with van der Waals surface area (Å²) in [6.45, 7) is 0.796. The Bertz CT molecular complexity index is 754. The number of carbonyl (C=O) groups excluding carboxylic acids is 1. The van der Waals surface area contributed by atoms with Gasteiger partial charge < -0.3 is 15.2 Å². The van der Waals surface area contributed by atoms with E-state index in [9.17, 15) is 9.90 Å². The fourth-order valence-electron chi connectivity index (χ4n) is 3.38. The van der Waals surface area contributed by atoms with Gasteiger partial charge >= 0.3 is 0 Å². The molecule has 1 aromatic carbocycles. The Morgan fingerprint density at radius 3 is 3.26 bits per heavy atom. The number of aromatic hydroxyl groups is 1. The average molecular weight is 313 g/mol. The third-order valence-corrected chi connectivity index (χ3v) is 4.65. The number of benzene rings is 1. The van der Waals surface area contributed by atoms with E-state index >= 15 is 0 Å². The summed E-state index contributed by atoms with van der Waals surface area (Å²) in [6, 6.07) is 5.02. The topological polar surface area (TPSA) is 87.2 Å². The lowest BCUT2D eigenvalue weighted by molar-refractivity contribution is -0.126. The number of phenols is 1. The SMILES string of the molecule is O=C(NCc1n[nH]c2c1CCC2)C1COc2cc(O)ccc2C1. The minimum atomic E-state index is -0.209. The molecule has 2 aromatic rings. The molecule has 1 aliphatic carbocycles. The normalized spacial score (nSPS) is 18.9. The van der Waals surface area contributed by atoms with Gasteiger partial charge in [-0.1, -0.05) is 6.07 Å². The van der Waals surface area contributed by atoms with Gasteiger partial charge in [0.25, 0.3) is 0 Å². The number of carbonyl (C=O) groups is 1. The van der Waals surface area contributed by atoms with E-state index in [1.54, 1.807) is 12.1 Å². The Balaban J connectivity index is 1.39. The van der Waals surface area contributed by atoms with Gasteiger partial charge in [-0.2, -0.15) is 5.10 Å². The van der Waals surface area contributed by atoms with Crippen molar-refractivity contribution < 1.29 is 14.6 Å². The Hall–Kier alpha value is -2.50. The zero-order valence-corrected chi connectivity index (χ0v) is 12.8. The fourth-order valence-corrected chi connectivity index (χ4v) is 3.38. The second-order valence-electron chi connectivity index (χ2n) is 6.20. The van der Waals surface area contributed by atoms with Gasteiger partial charge in [0.2, 0.25) is 5.91 Å². The monoisotopic (exact) mass is 313 g/mol. The van der Waals surface area contributed by atoms with Crippen LogP contribution in [0.5, 0.6) is 11.5 Å². The molecule has 0 radical (unpaired) electrons. The first kappa shape index (κ1) is 14.1. The third-order valence-electron chi connectivity index (χ3n) is 4.65. The number of H-pyrrole nitrogens is 1. The van der Waals surface area contributed by atoms with Crippen LogP contribution < -0.4 is 10.1 Å². The highest BCUT2D eigenvalue weighted by molar-refractivity contribution is 5.79. The quantitative estimate of drug-likeness (QED) is 0.801. The van der Waals surface area contributed by atoms with Crippen molar-refractivity contribution in [2.75, 3.05) is 6.61 Å². The Labute approximate surface area is 133 Å². The van der Waals surface area contributed by atoms with E-state index in [2.05, 4.69) is 15.5 Å². The highest BCUT2D eigenvalue weighted by Gasteiger charge is 2.27. The molecule has 2 heterocycles. The summed E-state index contributed by atoms with van der Waals surface area (Å²) in [6.07, 6.45) is 3.88. The van der Waals surface area contributed by atoms with Crippen LogP contribution in [0.25, 0.3) is 0 Å². The zero-order chi connectivity index (χ0) is 15.8. The van der Waals surface area contributed by atoms with Crippen molar-refractivity contribution in [3.05, 3.63) is 40.7 Å². The number of rotatable bonds is 3. The van der Waals surface area contributed by atoms with Crippen molar-refractivity contribution in [1.29, 1.82) is 0 Å². The third kappa shape index (κ3) is 2.65. The van der Waals surface area contributed by atoms with E-state index in [0.29, 0.717) is 25.3 Å². The van der Waals surface area contributed by atoms with E-state index in [0.717, 1.165) is 30.5 Å². The molecule has 1 unspecified atom stereocenters. The summed E-state index contributed by atoms with van der Waals surface area (Å²) in [5, 5.41) is 19.8. The second-order valence-corrected chi connectivity index (χ2v) is 6.20. The summed E-state index contributed by atoms with van der Waals surface area (Å²) in [5.74, 6) is 0.621. The molecule has 6 heteroatoms. The summed E-state index contributed by atoms with van der Waals surface area (Å²) in [4.78, 5) is 12.4. The lowest BCUT2D eigenvalue weighted by Crippen LogP contribution is -2.37. The first-order chi connectivity index (χ1) is 11.2. The van der Waals surface area contributed by atoms with Gasteiger partial charge in [0.15, 0.2) is 0 Å². The molecule has 1 amide bonds. The van der Waals surface area contributed by atoms with Gasteiger partial charge in [-0.05, 0) is 42.9 Å². The molecular weight excluding hydrogens is 294 g/mol. The van der Waals surface area contributed by atoms with E-state index in [1.165, 1.54) is 11.3 Å². The fraction of sp³-hybridized carbons (Fsp3) is 0.412. The molecule has 1 atom stereocenters. The molecule has 4 rings (SSSR count). The molecule has 0 saturated heterocycles. The second kappa shape index (κ2) is 5.61. The summed E-state index contributed by atoms with van der Waals surface area (Å²) in [5.41, 5.74) is 4.39. The van der Waals surface area contributed by atoms with Crippen LogP contribution in [0.3, 0.4) is 0 Å². The van der Waals surface area contributed by atoms with Crippen LogP contribution >= 0.6 is 0 Å². The number of phenolic OH excluding ortho intramolecular Hbond substituents is 1. The van der Waals surface area contributed by atoms with Crippen molar-refractivity contribution in [2.24, 2.45) is 5.92 Å². The van der Waals surface area contributed by atoms with Gasteiger partial charge in [0.1, 0.15) is 18.1 Å². The van der Waals surface area contributed by atoms with Gasteiger partial charge in [-0.25, -0.2) is 0 Å². The number of nitrogens with zero attached hydrogens (tertiary/aromatic N) is 1. The van der Waals surface area contributed by atoms with Gasteiger partial charge in [0.05, 0.1) is 18.2 Å².